The van der Waals surface area contributed by atoms with Crippen LogP contribution in [0.4, 0.5) is 59.7 Å². The van der Waals surface area contributed by atoms with Gasteiger partial charge in [-0.05, 0) is 41.5 Å². The molecule has 0 saturated carbocycles. The van der Waals surface area contributed by atoms with Gasteiger partial charge in [-0.25, -0.2) is 0 Å². The van der Waals surface area contributed by atoms with Crippen LogP contribution in [0.5, 0.6) is 5.75 Å². The van der Waals surface area contributed by atoms with Crippen LogP contribution in [0.15, 0.2) is 72.8 Å². The average molecular weight is 602 g/mol. The molecule has 4 nitrogen and oxygen atoms in total. The number of rotatable bonds is 10. The lowest BCUT2D eigenvalue weighted by Crippen LogP contribution is -2.41. The van der Waals surface area contributed by atoms with Crippen LogP contribution in [0.1, 0.15) is 16.7 Å². The Kier molecular flexibility index (Phi) is 9.30. The van der Waals surface area contributed by atoms with Gasteiger partial charge < -0.3 is 14.7 Å². The maximum atomic E-state index is 13.8. The zero-order valence-corrected chi connectivity index (χ0v) is 20.6. The molecule has 0 radical (unpaired) electrons. The predicted molar refractivity (Wildman–Crippen MR) is 126 cm³/mol. The number of aliphatic hydroxyl groups is 1. The number of halogens is 11. The molecule has 1 atom stereocenters. The zero-order valence-electron chi connectivity index (χ0n) is 20.6. The predicted octanol–water partition coefficient (Wildman–Crippen LogP) is 7.78. The van der Waals surface area contributed by atoms with E-state index < -0.39 is 49.3 Å². The molecular formula is C26H21F11N2O2. The van der Waals surface area contributed by atoms with E-state index in [1.165, 1.54) is 47.8 Å². The average Bonchev–Trinajstić information content (AvgIpc) is 2.85. The molecule has 0 saturated heterocycles. The highest BCUT2D eigenvalue weighted by atomic mass is 19.4. The highest BCUT2D eigenvalue weighted by Crippen LogP contribution is 2.44. The van der Waals surface area contributed by atoms with Gasteiger partial charge in [0.25, 0.3) is 0 Å². The van der Waals surface area contributed by atoms with E-state index in [-0.39, 0.29) is 29.3 Å². The van der Waals surface area contributed by atoms with Gasteiger partial charge in [0.1, 0.15) is 12.4 Å². The van der Waals surface area contributed by atoms with Crippen LogP contribution < -0.4 is 15.0 Å². The summed E-state index contributed by atoms with van der Waals surface area (Å²) >= 11 is 0. The monoisotopic (exact) mass is 602 g/mol. The van der Waals surface area contributed by atoms with Gasteiger partial charge in [0.05, 0.1) is 6.54 Å². The second-order valence-electron chi connectivity index (χ2n) is 8.82. The lowest BCUT2D eigenvalue weighted by atomic mass is 10.0. The van der Waals surface area contributed by atoms with Crippen molar-refractivity contribution in [1.82, 2.24) is 0 Å². The number of aliphatic hydroxyl groups excluding tert-OH is 1. The van der Waals surface area contributed by atoms with Crippen molar-refractivity contribution in [2.24, 2.45) is 0 Å². The van der Waals surface area contributed by atoms with E-state index in [4.69, 9.17) is 4.74 Å². The van der Waals surface area contributed by atoms with E-state index >= 15 is 0 Å². The molecule has 0 fully saturated rings. The number of hydrogen-bond acceptors (Lipinski definition) is 4. The Balaban J connectivity index is 1.86. The van der Waals surface area contributed by atoms with Gasteiger partial charge in [0.2, 0.25) is 0 Å². The molecule has 0 aliphatic carbocycles. The van der Waals surface area contributed by atoms with E-state index in [0.717, 1.165) is 23.1 Å². The fraction of sp³-hybridized carbons (Fsp3) is 0.308. The van der Waals surface area contributed by atoms with E-state index in [1.54, 1.807) is 0 Å². The van der Waals surface area contributed by atoms with Crippen molar-refractivity contribution in [2.45, 2.75) is 43.8 Å². The van der Waals surface area contributed by atoms with Crippen molar-refractivity contribution in [1.29, 1.82) is 0 Å². The van der Waals surface area contributed by atoms with Gasteiger partial charge in [0, 0.05) is 29.5 Å². The molecule has 0 bridgehead atoms. The summed E-state index contributed by atoms with van der Waals surface area (Å²) in [5.41, 5.74) is -1.61. The second-order valence-corrected chi connectivity index (χ2v) is 8.82. The SMILES string of the molecule is OC(CN(Cc1cccc(C(F)(F)C(F)(F)F)c1)c1cccc(OCc2cccc(NC(F)(F)F)c2)c1)C(F)(F)F. The Morgan fingerprint density at radius 1 is 0.756 bits per heavy atom. The molecule has 3 aromatic carbocycles. The van der Waals surface area contributed by atoms with Crippen LogP contribution >= 0.6 is 0 Å². The van der Waals surface area contributed by atoms with Crippen molar-refractivity contribution in [3.63, 3.8) is 0 Å². The maximum absolute atomic E-state index is 13.8. The third-order valence-corrected chi connectivity index (χ3v) is 5.59. The molecule has 41 heavy (non-hydrogen) atoms. The summed E-state index contributed by atoms with van der Waals surface area (Å²) in [5, 5.41) is 11.0. The number of alkyl halides is 11. The van der Waals surface area contributed by atoms with Gasteiger partial charge in [0.15, 0.2) is 6.10 Å². The Hall–Kier alpha value is -3.75. The summed E-state index contributed by atoms with van der Waals surface area (Å²) in [4.78, 5) is 0.906. The minimum Gasteiger partial charge on any atom is -0.489 e. The van der Waals surface area contributed by atoms with Crippen LogP contribution in [-0.2, 0) is 19.1 Å². The van der Waals surface area contributed by atoms with Gasteiger partial charge in [-0.15, -0.1) is 0 Å². The van der Waals surface area contributed by atoms with Gasteiger partial charge in [-0.3, -0.25) is 5.32 Å². The van der Waals surface area contributed by atoms with E-state index in [1.807, 2.05) is 0 Å². The summed E-state index contributed by atoms with van der Waals surface area (Å²) in [6.45, 7) is -1.97. The molecular weight excluding hydrogens is 581 g/mol. The third kappa shape index (κ3) is 8.87. The number of benzene rings is 3. The molecule has 0 heterocycles. The first-order valence-corrected chi connectivity index (χ1v) is 11.6. The summed E-state index contributed by atoms with van der Waals surface area (Å²) < 4.78 is 149. The van der Waals surface area contributed by atoms with Crippen molar-refractivity contribution in [2.75, 3.05) is 16.8 Å². The molecule has 2 N–H and O–H groups in total. The number of anilines is 2. The van der Waals surface area contributed by atoms with E-state index in [9.17, 15) is 53.4 Å². The number of nitrogens with zero attached hydrogens (tertiary/aromatic N) is 1. The van der Waals surface area contributed by atoms with E-state index in [0.29, 0.717) is 17.7 Å². The lowest BCUT2D eigenvalue weighted by Gasteiger charge is -2.29. The molecule has 224 valence electrons. The smallest absolute Gasteiger partial charge is 0.482 e. The third-order valence-electron chi connectivity index (χ3n) is 5.59. The molecule has 0 aliphatic rings. The number of nitrogens with one attached hydrogen (secondary N) is 1. The summed E-state index contributed by atoms with van der Waals surface area (Å²) in [6, 6.07) is 13.4. The van der Waals surface area contributed by atoms with Crippen molar-refractivity contribution in [3.8, 4) is 5.75 Å². The van der Waals surface area contributed by atoms with Gasteiger partial charge in [-0.1, -0.05) is 36.4 Å². The van der Waals surface area contributed by atoms with Crippen LogP contribution in [0.25, 0.3) is 0 Å². The quantitative estimate of drug-likeness (QED) is 0.184. The molecule has 15 heteroatoms. The van der Waals surface area contributed by atoms with Crippen LogP contribution in [0.2, 0.25) is 0 Å². The highest BCUT2D eigenvalue weighted by molar-refractivity contribution is 5.52. The van der Waals surface area contributed by atoms with E-state index in [2.05, 4.69) is 0 Å². The Labute approximate surface area is 226 Å². The fourth-order valence-corrected chi connectivity index (χ4v) is 3.66. The largest absolute Gasteiger partial charge is 0.489 e. The molecule has 1 unspecified atom stereocenters. The highest BCUT2D eigenvalue weighted by Gasteiger charge is 2.58. The van der Waals surface area contributed by atoms with Crippen LogP contribution in [-0.4, -0.2) is 36.4 Å². The zero-order chi connectivity index (χ0) is 30.6. The van der Waals surface area contributed by atoms with Gasteiger partial charge in [-0.2, -0.15) is 48.3 Å². The lowest BCUT2D eigenvalue weighted by molar-refractivity contribution is -0.289. The summed E-state index contributed by atoms with van der Waals surface area (Å²) in [6.07, 6.45) is -18.6. The molecule has 0 spiro atoms. The molecule has 0 aliphatic heterocycles. The minimum atomic E-state index is -5.91. The van der Waals surface area contributed by atoms with Crippen LogP contribution in [0.3, 0.4) is 0 Å². The Bertz CT molecular complexity index is 1310. The molecule has 3 aromatic rings. The summed E-state index contributed by atoms with van der Waals surface area (Å²) in [7, 11) is 0. The standard InChI is InChI=1S/C26H21F11N2O2/c27-23(28,25(32,33)34)18-6-1-4-16(10-18)13-39(14-22(40)24(29,30)31)20-8-3-9-21(12-20)41-15-17-5-2-7-19(11-17)38-26(35,36)37/h1-12,22,38,40H,13-15H2. The fourth-order valence-electron chi connectivity index (χ4n) is 3.66. The van der Waals surface area contributed by atoms with Crippen molar-refractivity contribution < 1.29 is 58.1 Å². The minimum absolute atomic E-state index is 0.0220. The Morgan fingerprint density at radius 3 is 2.02 bits per heavy atom. The van der Waals surface area contributed by atoms with Crippen molar-refractivity contribution in [3.05, 3.63) is 89.5 Å². The van der Waals surface area contributed by atoms with Gasteiger partial charge >= 0.3 is 24.6 Å². The first-order valence-electron chi connectivity index (χ1n) is 11.6. The number of ether oxygens (including phenoxy) is 1. The van der Waals surface area contributed by atoms with Crippen molar-refractivity contribution >= 4 is 11.4 Å². The molecule has 3 rings (SSSR count). The second kappa shape index (κ2) is 12.0. The first-order chi connectivity index (χ1) is 18.8. The Morgan fingerprint density at radius 2 is 1.39 bits per heavy atom. The maximum Gasteiger partial charge on any atom is 0.482 e. The molecule has 0 aromatic heterocycles. The van der Waals surface area contributed by atoms with Crippen LogP contribution in [0, 0.1) is 0 Å². The first kappa shape index (κ1) is 31.8. The number of hydrogen-bond donors (Lipinski definition) is 2. The topological polar surface area (TPSA) is 44.7 Å². The summed E-state index contributed by atoms with van der Waals surface area (Å²) in [5.74, 6) is -5.18. The molecule has 0 amide bonds. The normalized spacial score (nSPS) is 13.6.